The van der Waals surface area contributed by atoms with Crippen molar-refractivity contribution in [3.63, 3.8) is 0 Å². The molecule has 9 nitrogen and oxygen atoms in total. The first kappa shape index (κ1) is 27.6. The summed E-state index contributed by atoms with van der Waals surface area (Å²) in [6, 6.07) is 20.7. The van der Waals surface area contributed by atoms with E-state index in [1.807, 2.05) is 48.5 Å². The zero-order valence-corrected chi connectivity index (χ0v) is 23.6. The number of nitrogens with zero attached hydrogens (tertiary/aromatic N) is 2. The van der Waals surface area contributed by atoms with Crippen molar-refractivity contribution in [1.29, 1.82) is 0 Å². The molecule has 13 heteroatoms. The average molecular weight is 607 g/mol. The monoisotopic (exact) mass is 606 g/mol. The van der Waals surface area contributed by atoms with E-state index in [0.29, 0.717) is 27.4 Å². The number of benzene rings is 3. The molecule has 0 unspecified atom stereocenters. The van der Waals surface area contributed by atoms with Crippen molar-refractivity contribution in [1.82, 2.24) is 0 Å². The largest absolute Gasteiger partial charge is 0.748 e. The van der Waals surface area contributed by atoms with E-state index in [9.17, 15) is 25.9 Å². The van der Waals surface area contributed by atoms with Crippen LogP contribution in [0.25, 0.3) is 27.4 Å². The van der Waals surface area contributed by atoms with E-state index in [1.165, 1.54) is 11.3 Å². The summed E-state index contributed by atoms with van der Waals surface area (Å²) in [6.45, 7) is 0.165. The summed E-state index contributed by atoms with van der Waals surface area (Å²) in [5, 5.41) is 1.10. The van der Waals surface area contributed by atoms with Gasteiger partial charge in [0.15, 0.2) is 12.3 Å². The van der Waals surface area contributed by atoms with Gasteiger partial charge in [-0.3, -0.25) is 4.55 Å². The molecule has 4 aromatic rings. The lowest BCUT2D eigenvalue weighted by Gasteiger charge is -2.18. The number of aryl methyl sites for hydroxylation is 1. The van der Waals surface area contributed by atoms with E-state index in [-0.39, 0.29) is 19.5 Å². The van der Waals surface area contributed by atoms with E-state index in [4.69, 9.17) is 16.3 Å². The number of hydrogen-bond donors (Lipinski definition) is 1. The highest BCUT2D eigenvalue weighted by Crippen LogP contribution is 2.41. The first-order valence-electron chi connectivity index (χ1n) is 11.8. The highest BCUT2D eigenvalue weighted by atomic mass is 35.5. The lowest BCUT2D eigenvalue weighted by molar-refractivity contribution is -0.664. The maximum Gasteiger partial charge on any atom is 0.271 e. The van der Waals surface area contributed by atoms with Crippen LogP contribution < -0.4 is 14.2 Å². The quantitative estimate of drug-likeness (QED) is 0.217. The molecule has 0 saturated carbocycles. The molecule has 1 aliphatic heterocycles. The van der Waals surface area contributed by atoms with E-state index in [2.05, 4.69) is 0 Å². The Morgan fingerprint density at radius 1 is 1.00 bits per heavy atom. The lowest BCUT2D eigenvalue weighted by Crippen LogP contribution is -2.38. The Morgan fingerprint density at radius 3 is 2.49 bits per heavy atom. The molecule has 0 amide bonds. The third-order valence-corrected chi connectivity index (χ3v) is 8.96. The summed E-state index contributed by atoms with van der Waals surface area (Å²) in [4.78, 5) is 1.74. The maximum atomic E-state index is 11.6. The molecular weight excluding hydrogens is 584 g/mol. The molecule has 0 fully saturated rings. The summed E-state index contributed by atoms with van der Waals surface area (Å²) >= 11 is 7.61. The first-order chi connectivity index (χ1) is 18.5. The second-order valence-electron chi connectivity index (χ2n) is 8.89. The van der Waals surface area contributed by atoms with Crippen LogP contribution in [-0.4, -0.2) is 44.0 Å². The van der Waals surface area contributed by atoms with E-state index < -0.39 is 31.7 Å². The minimum atomic E-state index is -4.40. The first-order valence-corrected chi connectivity index (χ1v) is 16.2. The van der Waals surface area contributed by atoms with Crippen LogP contribution >= 0.6 is 22.9 Å². The fourth-order valence-corrected chi connectivity index (χ4v) is 6.53. The van der Waals surface area contributed by atoms with Gasteiger partial charge in [-0.05, 0) is 41.8 Å². The standard InChI is InChI=1S/C26H23ClN2O7S3/c27-20-8-9-23-21(16-20)28(11-4-13-38(30,31)32)25(36-23)17-26-29(12-14-39(33,34)35)22-15-19(7-10-24(22)37-26)18-5-2-1-3-6-18/h1-3,5-10,15-17H,4,11-14H2,(H-,30,31,32,33,34,35). The molecule has 3 aromatic carbocycles. The molecule has 39 heavy (non-hydrogen) atoms. The Balaban J connectivity index is 1.59. The molecule has 0 bridgehead atoms. The molecule has 1 aliphatic rings. The summed E-state index contributed by atoms with van der Waals surface area (Å²) in [7, 11) is -8.64. The van der Waals surface area contributed by atoms with E-state index >= 15 is 0 Å². The van der Waals surface area contributed by atoms with Crippen LogP contribution in [0.5, 0.6) is 5.75 Å². The van der Waals surface area contributed by atoms with E-state index in [1.54, 1.807) is 33.7 Å². The second-order valence-corrected chi connectivity index (χ2v) is 13.5. The van der Waals surface area contributed by atoms with Crippen molar-refractivity contribution in [2.24, 2.45) is 0 Å². The van der Waals surface area contributed by atoms with Crippen molar-refractivity contribution in [2.45, 2.75) is 13.0 Å². The molecule has 1 aromatic heterocycles. The number of fused-ring (bicyclic) bond motifs is 2. The Hall–Kier alpha value is -3.00. The number of anilines is 1. The van der Waals surface area contributed by atoms with Gasteiger partial charge in [0.25, 0.3) is 15.1 Å². The highest BCUT2D eigenvalue weighted by molar-refractivity contribution is 7.85. The molecule has 204 valence electrons. The zero-order chi connectivity index (χ0) is 27.8. The number of halogens is 1. The Bertz CT molecular complexity index is 1790. The molecule has 5 rings (SSSR count). The Labute approximate surface area is 235 Å². The summed E-state index contributed by atoms with van der Waals surface area (Å²) in [5.74, 6) is -0.151. The fraction of sp³-hybridized carbons (Fsp3) is 0.192. The third-order valence-electron chi connectivity index (χ3n) is 6.13. The van der Waals surface area contributed by atoms with Gasteiger partial charge in [0.05, 0.1) is 21.9 Å². The summed E-state index contributed by atoms with van der Waals surface area (Å²) in [6.07, 6.45) is 1.80. The van der Waals surface area contributed by atoms with Gasteiger partial charge in [-0.15, -0.1) is 0 Å². The zero-order valence-electron chi connectivity index (χ0n) is 20.4. The molecule has 0 saturated heterocycles. The number of ether oxygens (including phenoxy) is 1. The van der Waals surface area contributed by atoms with E-state index in [0.717, 1.165) is 21.3 Å². The Kier molecular flexibility index (Phi) is 7.68. The predicted molar refractivity (Wildman–Crippen MR) is 150 cm³/mol. The molecule has 2 heterocycles. The van der Waals surface area contributed by atoms with Crippen LogP contribution in [0, 0.1) is 0 Å². The fourth-order valence-electron chi connectivity index (χ4n) is 4.37. The normalized spacial score (nSPS) is 14.6. The van der Waals surface area contributed by atoms with Gasteiger partial charge < -0.3 is 14.2 Å². The maximum absolute atomic E-state index is 11.6. The number of thiazole rings is 1. The molecule has 0 atom stereocenters. The van der Waals surface area contributed by atoms with Gasteiger partial charge in [-0.1, -0.05) is 59.3 Å². The topological polar surface area (TPSA) is 128 Å². The van der Waals surface area contributed by atoms with Crippen LogP contribution in [0.2, 0.25) is 5.02 Å². The highest BCUT2D eigenvalue weighted by Gasteiger charge is 2.30. The minimum Gasteiger partial charge on any atom is -0.748 e. The smallest absolute Gasteiger partial charge is 0.271 e. The minimum absolute atomic E-state index is 0.0105. The van der Waals surface area contributed by atoms with Gasteiger partial charge in [-0.25, -0.2) is 8.42 Å². The Morgan fingerprint density at radius 2 is 1.77 bits per heavy atom. The average Bonchev–Trinajstić information content (AvgIpc) is 3.38. The molecular formula is C26H23ClN2O7S3. The van der Waals surface area contributed by atoms with Crippen molar-refractivity contribution in [3.8, 4) is 16.9 Å². The SMILES string of the molecule is O=S(=O)([O-])CCCN1C(=Cc2sc3ccc(-c4ccccc4)cc3[n+]2CCS(=O)(=O)O)Oc2ccc(Cl)cc21. The third kappa shape index (κ3) is 6.60. The van der Waals surface area contributed by atoms with Gasteiger partial charge in [-0.2, -0.15) is 13.0 Å². The van der Waals surface area contributed by atoms with Crippen LogP contribution in [0.1, 0.15) is 11.4 Å². The van der Waals surface area contributed by atoms with Crippen molar-refractivity contribution < 1.29 is 35.2 Å². The van der Waals surface area contributed by atoms with Crippen molar-refractivity contribution >= 4 is 65.2 Å². The number of hydrogen-bond acceptors (Lipinski definition) is 8. The van der Waals surface area contributed by atoms with Gasteiger partial charge >= 0.3 is 0 Å². The van der Waals surface area contributed by atoms with Crippen molar-refractivity contribution in [3.05, 3.63) is 82.6 Å². The predicted octanol–water partition coefficient (Wildman–Crippen LogP) is 4.53. The summed E-state index contributed by atoms with van der Waals surface area (Å²) < 4.78 is 75.1. The van der Waals surface area contributed by atoms with Crippen LogP contribution in [0.4, 0.5) is 5.69 Å². The molecule has 0 radical (unpaired) electrons. The number of rotatable bonds is 9. The van der Waals surface area contributed by atoms with Crippen LogP contribution in [0.15, 0.2) is 72.6 Å². The molecule has 0 aliphatic carbocycles. The lowest BCUT2D eigenvalue weighted by atomic mass is 10.1. The molecule has 1 N–H and O–H groups in total. The van der Waals surface area contributed by atoms with Crippen molar-refractivity contribution in [2.75, 3.05) is 23.0 Å². The second kappa shape index (κ2) is 10.9. The van der Waals surface area contributed by atoms with Gasteiger partial charge in [0.2, 0.25) is 11.4 Å². The molecule has 0 spiro atoms. The van der Waals surface area contributed by atoms with Gasteiger partial charge in [0, 0.05) is 23.4 Å². The van der Waals surface area contributed by atoms with Gasteiger partial charge in [0.1, 0.15) is 10.5 Å². The number of aromatic nitrogens is 1. The van der Waals surface area contributed by atoms with Crippen LogP contribution in [0.3, 0.4) is 0 Å². The summed E-state index contributed by atoms with van der Waals surface area (Å²) in [5.41, 5.74) is 3.34. The van der Waals surface area contributed by atoms with Crippen LogP contribution in [-0.2, 0) is 26.8 Å².